The number of anilines is 1. The third-order valence-electron chi connectivity index (χ3n) is 4.76. The SMILES string of the molecule is CCc1cccc(NC(=O)CN2C(=O)NC(C)(c3cccc(C#N)c3)C2=O)c1. The topological polar surface area (TPSA) is 102 Å². The van der Waals surface area contributed by atoms with Crippen LogP contribution in [0.4, 0.5) is 10.5 Å². The van der Waals surface area contributed by atoms with Gasteiger partial charge in [0.1, 0.15) is 12.1 Å². The van der Waals surface area contributed by atoms with Crippen LogP contribution < -0.4 is 10.6 Å². The van der Waals surface area contributed by atoms with Crippen LogP contribution in [0.15, 0.2) is 48.5 Å². The number of nitrogens with one attached hydrogen (secondary N) is 2. The van der Waals surface area contributed by atoms with Crippen molar-refractivity contribution in [3.05, 3.63) is 65.2 Å². The predicted octanol–water partition coefficient (Wildman–Crippen LogP) is 2.53. The number of urea groups is 1. The standard InChI is InChI=1S/C21H20N4O3/c1-3-14-6-5-9-17(11-14)23-18(26)13-25-19(27)21(2,24-20(25)28)16-8-4-7-15(10-16)12-22/h4-11H,3,13H2,1-2H3,(H,23,26)(H,24,28). The maximum absolute atomic E-state index is 12.9. The van der Waals surface area contributed by atoms with Crippen molar-refractivity contribution in [1.82, 2.24) is 10.2 Å². The van der Waals surface area contributed by atoms with Crippen molar-refractivity contribution in [2.24, 2.45) is 0 Å². The van der Waals surface area contributed by atoms with Gasteiger partial charge in [0.15, 0.2) is 0 Å². The lowest BCUT2D eigenvalue weighted by Crippen LogP contribution is -2.42. The van der Waals surface area contributed by atoms with Crippen LogP contribution in [0.3, 0.4) is 0 Å². The van der Waals surface area contributed by atoms with Crippen LogP contribution in [0, 0.1) is 11.3 Å². The molecule has 0 radical (unpaired) electrons. The maximum atomic E-state index is 12.9. The summed E-state index contributed by atoms with van der Waals surface area (Å²) in [6.07, 6.45) is 0.830. The second-order valence-corrected chi connectivity index (χ2v) is 6.74. The molecule has 1 unspecified atom stereocenters. The first-order valence-electron chi connectivity index (χ1n) is 8.91. The lowest BCUT2D eigenvalue weighted by Gasteiger charge is -2.22. The van der Waals surface area contributed by atoms with E-state index in [2.05, 4.69) is 10.6 Å². The van der Waals surface area contributed by atoms with Crippen LogP contribution in [0.5, 0.6) is 0 Å². The van der Waals surface area contributed by atoms with Gasteiger partial charge in [0.2, 0.25) is 5.91 Å². The Labute approximate surface area is 163 Å². The number of nitrogens with zero attached hydrogens (tertiary/aromatic N) is 2. The van der Waals surface area contributed by atoms with Crippen molar-refractivity contribution in [2.45, 2.75) is 25.8 Å². The summed E-state index contributed by atoms with van der Waals surface area (Å²) < 4.78 is 0. The van der Waals surface area contributed by atoms with Gasteiger partial charge in [0.05, 0.1) is 11.6 Å². The first kappa shape index (κ1) is 19.1. The second kappa shape index (κ2) is 7.53. The highest BCUT2D eigenvalue weighted by Gasteiger charge is 2.49. The third-order valence-corrected chi connectivity index (χ3v) is 4.76. The van der Waals surface area contributed by atoms with E-state index in [0.717, 1.165) is 16.9 Å². The van der Waals surface area contributed by atoms with Gasteiger partial charge in [-0.25, -0.2) is 4.79 Å². The van der Waals surface area contributed by atoms with E-state index in [0.29, 0.717) is 16.8 Å². The van der Waals surface area contributed by atoms with Gasteiger partial charge in [0, 0.05) is 5.69 Å². The minimum absolute atomic E-state index is 0.382. The molecule has 28 heavy (non-hydrogen) atoms. The number of benzene rings is 2. The Balaban J connectivity index is 1.76. The van der Waals surface area contributed by atoms with Crippen LogP contribution >= 0.6 is 0 Å². The Bertz CT molecular complexity index is 995. The molecule has 1 saturated heterocycles. The molecule has 3 rings (SSSR count). The van der Waals surface area contributed by atoms with E-state index in [-0.39, 0.29) is 0 Å². The van der Waals surface area contributed by atoms with E-state index in [9.17, 15) is 14.4 Å². The molecule has 0 saturated carbocycles. The zero-order chi connectivity index (χ0) is 20.3. The number of rotatable bonds is 5. The first-order chi connectivity index (χ1) is 13.4. The molecule has 4 amide bonds. The highest BCUT2D eigenvalue weighted by Crippen LogP contribution is 2.29. The van der Waals surface area contributed by atoms with E-state index in [4.69, 9.17) is 5.26 Å². The number of imide groups is 1. The van der Waals surface area contributed by atoms with Gasteiger partial charge < -0.3 is 10.6 Å². The fourth-order valence-corrected chi connectivity index (χ4v) is 3.15. The molecular formula is C21H20N4O3. The van der Waals surface area contributed by atoms with E-state index in [1.54, 1.807) is 37.3 Å². The third kappa shape index (κ3) is 3.58. The number of carbonyl (C=O) groups excluding carboxylic acids is 3. The summed E-state index contributed by atoms with van der Waals surface area (Å²) in [6, 6.07) is 15.2. The normalized spacial score (nSPS) is 18.5. The van der Waals surface area contributed by atoms with Gasteiger partial charge in [-0.1, -0.05) is 31.2 Å². The number of amides is 4. The average molecular weight is 376 g/mol. The van der Waals surface area contributed by atoms with Crippen LogP contribution in [0.2, 0.25) is 0 Å². The molecule has 0 bridgehead atoms. The van der Waals surface area contributed by atoms with Gasteiger partial charge in [0.25, 0.3) is 5.91 Å². The van der Waals surface area contributed by atoms with E-state index < -0.39 is 29.9 Å². The van der Waals surface area contributed by atoms with Crippen molar-refractivity contribution in [3.8, 4) is 6.07 Å². The summed E-state index contributed by atoms with van der Waals surface area (Å²) in [6.45, 7) is 3.18. The summed E-state index contributed by atoms with van der Waals surface area (Å²) in [5, 5.41) is 14.4. The summed E-state index contributed by atoms with van der Waals surface area (Å²) in [5.74, 6) is -1.00. The lowest BCUT2D eigenvalue weighted by atomic mass is 9.91. The molecular weight excluding hydrogens is 356 g/mol. The van der Waals surface area contributed by atoms with Crippen LogP contribution in [-0.4, -0.2) is 29.3 Å². The quantitative estimate of drug-likeness (QED) is 0.783. The number of carbonyl (C=O) groups is 3. The zero-order valence-corrected chi connectivity index (χ0v) is 15.7. The maximum Gasteiger partial charge on any atom is 0.325 e. The van der Waals surface area contributed by atoms with Crippen molar-refractivity contribution < 1.29 is 14.4 Å². The minimum Gasteiger partial charge on any atom is -0.325 e. The number of hydrogen-bond acceptors (Lipinski definition) is 4. The van der Waals surface area contributed by atoms with E-state index in [1.807, 2.05) is 31.2 Å². The zero-order valence-electron chi connectivity index (χ0n) is 15.7. The van der Waals surface area contributed by atoms with E-state index >= 15 is 0 Å². The smallest absolute Gasteiger partial charge is 0.325 e. The van der Waals surface area contributed by atoms with Crippen molar-refractivity contribution in [2.75, 3.05) is 11.9 Å². The molecule has 2 aromatic carbocycles. The molecule has 0 spiro atoms. The number of hydrogen-bond donors (Lipinski definition) is 2. The molecule has 1 heterocycles. The Kier molecular flexibility index (Phi) is 5.14. The summed E-state index contributed by atoms with van der Waals surface area (Å²) in [4.78, 5) is 38.5. The molecule has 2 aromatic rings. The molecule has 1 aliphatic heterocycles. The van der Waals surface area contributed by atoms with E-state index in [1.165, 1.54) is 0 Å². The molecule has 142 valence electrons. The molecule has 1 fully saturated rings. The molecule has 2 N–H and O–H groups in total. The van der Waals surface area contributed by atoms with Crippen LogP contribution in [0.25, 0.3) is 0 Å². The molecule has 7 heteroatoms. The van der Waals surface area contributed by atoms with Crippen LogP contribution in [0.1, 0.15) is 30.5 Å². The van der Waals surface area contributed by atoms with Gasteiger partial charge in [-0.2, -0.15) is 5.26 Å². The Morgan fingerprint density at radius 2 is 1.96 bits per heavy atom. The molecule has 0 aromatic heterocycles. The monoisotopic (exact) mass is 376 g/mol. The fraction of sp³-hybridized carbons (Fsp3) is 0.238. The first-order valence-corrected chi connectivity index (χ1v) is 8.91. The Hall–Kier alpha value is -3.66. The second-order valence-electron chi connectivity index (χ2n) is 6.74. The van der Waals surface area contributed by atoms with Gasteiger partial charge >= 0.3 is 6.03 Å². The lowest BCUT2D eigenvalue weighted by molar-refractivity contribution is -0.133. The Morgan fingerprint density at radius 3 is 2.68 bits per heavy atom. The van der Waals surface area contributed by atoms with Crippen molar-refractivity contribution >= 4 is 23.5 Å². The number of aryl methyl sites for hydroxylation is 1. The molecule has 1 atom stereocenters. The van der Waals surface area contributed by atoms with Crippen molar-refractivity contribution in [3.63, 3.8) is 0 Å². The highest BCUT2D eigenvalue weighted by molar-refractivity contribution is 6.10. The van der Waals surface area contributed by atoms with Gasteiger partial charge in [-0.3, -0.25) is 14.5 Å². The average Bonchev–Trinajstić information content (AvgIpc) is 2.92. The summed E-state index contributed by atoms with van der Waals surface area (Å²) in [7, 11) is 0. The predicted molar refractivity (Wildman–Crippen MR) is 103 cm³/mol. The number of nitriles is 1. The van der Waals surface area contributed by atoms with Gasteiger partial charge in [-0.05, 0) is 48.7 Å². The molecule has 1 aliphatic rings. The fourth-order valence-electron chi connectivity index (χ4n) is 3.15. The minimum atomic E-state index is -1.33. The van der Waals surface area contributed by atoms with Crippen molar-refractivity contribution in [1.29, 1.82) is 5.26 Å². The largest absolute Gasteiger partial charge is 0.325 e. The highest BCUT2D eigenvalue weighted by atomic mass is 16.2. The van der Waals surface area contributed by atoms with Gasteiger partial charge in [-0.15, -0.1) is 0 Å². The molecule has 0 aliphatic carbocycles. The van der Waals surface area contributed by atoms with Crippen LogP contribution in [-0.2, 0) is 21.5 Å². The summed E-state index contributed by atoms with van der Waals surface area (Å²) >= 11 is 0. The summed E-state index contributed by atoms with van der Waals surface area (Å²) in [5.41, 5.74) is 1.22. The Morgan fingerprint density at radius 1 is 1.21 bits per heavy atom. The molecule has 7 nitrogen and oxygen atoms in total.